The summed E-state index contributed by atoms with van der Waals surface area (Å²) in [7, 11) is -0.881. The smallest absolute Gasteiger partial charge is 0.265 e. The molecule has 27 heavy (non-hydrogen) atoms. The number of morpholine rings is 1. The zero-order valence-electron chi connectivity index (χ0n) is 15.7. The summed E-state index contributed by atoms with van der Waals surface area (Å²) in [6.07, 6.45) is 0. The van der Waals surface area contributed by atoms with Crippen molar-refractivity contribution < 1.29 is 22.6 Å². The fraction of sp³-hybridized carbons (Fsp3) is 0.368. The number of anilines is 2. The number of ether oxygens (including phenoxy) is 3. The number of hydrogen-bond acceptors (Lipinski definition) is 6. The quantitative estimate of drug-likeness (QED) is 0.814. The minimum absolute atomic E-state index is 0.0574. The lowest BCUT2D eigenvalue weighted by Crippen LogP contribution is -2.36. The standard InChI is InChI=1S/C19H24N2O5S/c1-14-4-5-15(21-8-10-26-11-9-21)12-17(14)20-27(22,23)19-7-6-16(24-2)13-18(19)25-3/h4-7,12-13,20H,8-11H2,1-3H3. The summed E-state index contributed by atoms with van der Waals surface area (Å²) in [5.74, 6) is 0.750. The van der Waals surface area contributed by atoms with Gasteiger partial charge in [0.15, 0.2) is 0 Å². The summed E-state index contributed by atoms with van der Waals surface area (Å²) in [4.78, 5) is 2.23. The maximum atomic E-state index is 13.0. The first-order chi connectivity index (χ1) is 12.9. The van der Waals surface area contributed by atoms with Gasteiger partial charge in [0.25, 0.3) is 10.0 Å². The van der Waals surface area contributed by atoms with Gasteiger partial charge in [0, 0.05) is 24.8 Å². The first-order valence-corrected chi connectivity index (χ1v) is 10.1. The Labute approximate surface area is 159 Å². The number of methoxy groups -OCH3 is 2. The molecule has 1 aliphatic heterocycles. The molecule has 2 aromatic carbocycles. The Morgan fingerprint density at radius 1 is 1.04 bits per heavy atom. The largest absolute Gasteiger partial charge is 0.497 e. The van der Waals surface area contributed by atoms with Crippen LogP contribution in [-0.2, 0) is 14.8 Å². The summed E-state index contributed by atoms with van der Waals surface area (Å²) in [6, 6.07) is 10.4. The molecular weight excluding hydrogens is 368 g/mol. The van der Waals surface area contributed by atoms with Crippen LogP contribution in [-0.4, -0.2) is 48.9 Å². The Bertz CT molecular complexity index is 908. The average molecular weight is 392 g/mol. The molecular formula is C19H24N2O5S. The fourth-order valence-corrected chi connectivity index (χ4v) is 4.21. The monoisotopic (exact) mass is 392 g/mol. The van der Waals surface area contributed by atoms with Crippen LogP contribution in [0.4, 0.5) is 11.4 Å². The van der Waals surface area contributed by atoms with Gasteiger partial charge < -0.3 is 19.1 Å². The van der Waals surface area contributed by atoms with Crippen LogP contribution >= 0.6 is 0 Å². The van der Waals surface area contributed by atoms with Gasteiger partial charge in [-0.1, -0.05) is 6.07 Å². The number of sulfonamides is 1. The van der Waals surface area contributed by atoms with Gasteiger partial charge in [-0.2, -0.15) is 0 Å². The van der Waals surface area contributed by atoms with Crippen LogP contribution in [0.25, 0.3) is 0 Å². The van der Waals surface area contributed by atoms with Crippen LogP contribution in [0.5, 0.6) is 11.5 Å². The van der Waals surface area contributed by atoms with Gasteiger partial charge in [-0.05, 0) is 36.8 Å². The molecule has 1 aliphatic rings. The van der Waals surface area contributed by atoms with Crippen molar-refractivity contribution in [2.24, 2.45) is 0 Å². The van der Waals surface area contributed by atoms with Crippen LogP contribution in [0.2, 0.25) is 0 Å². The first kappa shape index (κ1) is 19.3. The Morgan fingerprint density at radius 3 is 2.44 bits per heavy atom. The third-order valence-electron chi connectivity index (χ3n) is 4.50. The van der Waals surface area contributed by atoms with Gasteiger partial charge in [0.2, 0.25) is 0 Å². The van der Waals surface area contributed by atoms with Crippen molar-refractivity contribution in [1.82, 2.24) is 0 Å². The third-order valence-corrected chi connectivity index (χ3v) is 5.91. The van der Waals surface area contributed by atoms with Crippen molar-refractivity contribution in [2.45, 2.75) is 11.8 Å². The fourth-order valence-electron chi connectivity index (χ4n) is 2.93. The van der Waals surface area contributed by atoms with Gasteiger partial charge in [0.1, 0.15) is 16.4 Å². The van der Waals surface area contributed by atoms with E-state index in [1.54, 1.807) is 12.1 Å². The Kier molecular flexibility index (Phi) is 5.76. The second-order valence-electron chi connectivity index (χ2n) is 6.22. The maximum absolute atomic E-state index is 13.0. The van der Waals surface area contributed by atoms with Gasteiger partial charge in [0.05, 0.1) is 33.1 Å². The summed E-state index contributed by atoms with van der Waals surface area (Å²) in [6.45, 7) is 4.76. The van der Waals surface area contributed by atoms with Gasteiger partial charge in [-0.3, -0.25) is 4.72 Å². The normalized spacial score (nSPS) is 14.7. The molecule has 7 nitrogen and oxygen atoms in total. The second-order valence-corrected chi connectivity index (χ2v) is 7.87. The Hall–Kier alpha value is -2.45. The molecule has 0 unspecified atom stereocenters. The predicted octanol–water partition coefficient (Wildman–Crippen LogP) is 2.65. The van der Waals surface area contributed by atoms with E-state index < -0.39 is 10.0 Å². The molecule has 1 fully saturated rings. The second kappa shape index (κ2) is 8.06. The summed E-state index contributed by atoms with van der Waals surface area (Å²) in [5.41, 5.74) is 2.34. The van der Waals surface area contributed by atoms with E-state index in [0.717, 1.165) is 24.3 Å². The first-order valence-electron chi connectivity index (χ1n) is 8.63. The summed E-state index contributed by atoms with van der Waals surface area (Å²) < 4.78 is 44.4. The van der Waals surface area contributed by atoms with E-state index in [2.05, 4.69) is 9.62 Å². The number of nitrogens with one attached hydrogen (secondary N) is 1. The highest BCUT2D eigenvalue weighted by Gasteiger charge is 2.22. The Balaban J connectivity index is 1.91. The molecule has 0 aromatic heterocycles. The zero-order chi connectivity index (χ0) is 19.4. The summed E-state index contributed by atoms with van der Waals surface area (Å²) >= 11 is 0. The van der Waals surface area contributed by atoms with Crippen LogP contribution in [0.3, 0.4) is 0 Å². The predicted molar refractivity (Wildman–Crippen MR) is 105 cm³/mol. The average Bonchev–Trinajstić information content (AvgIpc) is 2.69. The molecule has 8 heteroatoms. The van der Waals surface area contributed by atoms with Crippen molar-refractivity contribution in [3.63, 3.8) is 0 Å². The molecule has 1 N–H and O–H groups in total. The van der Waals surface area contributed by atoms with Crippen LogP contribution in [0, 0.1) is 6.92 Å². The zero-order valence-corrected chi connectivity index (χ0v) is 16.5. The van der Waals surface area contributed by atoms with Crippen molar-refractivity contribution in [1.29, 1.82) is 0 Å². The molecule has 0 bridgehead atoms. The van der Waals surface area contributed by atoms with Crippen LogP contribution in [0.1, 0.15) is 5.56 Å². The van der Waals surface area contributed by atoms with Gasteiger partial charge >= 0.3 is 0 Å². The van der Waals surface area contributed by atoms with E-state index >= 15 is 0 Å². The van der Waals surface area contributed by atoms with Crippen molar-refractivity contribution >= 4 is 21.4 Å². The maximum Gasteiger partial charge on any atom is 0.265 e. The van der Waals surface area contributed by atoms with Gasteiger partial charge in [-0.25, -0.2) is 8.42 Å². The highest BCUT2D eigenvalue weighted by Crippen LogP contribution is 2.31. The lowest BCUT2D eigenvalue weighted by molar-refractivity contribution is 0.122. The Morgan fingerprint density at radius 2 is 1.78 bits per heavy atom. The molecule has 1 saturated heterocycles. The molecule has 0 atom stereocenters. The molecule has 1 heterocycles. The molecule has 0 spiro atoms. The number of hydrogen-bond donors (Lipinski definition) is 1. The van der Waals surface area contributed by atoms with Gasteiger partial charge in [-0.15, -0.1) is 0 Å². The SMILES string of the molecule is COc1ccc(S(=O)(=O)Nc2cc(N3CCOCC3)ccc2C)c(OC)c1. The minimum Gasteiger partial charge on any atom is -0.497 e. The number of benzene rings is 2. The minimum atomic E-state index is -3.82. The van der Waals surface area contributed by atoms with Crippen molar-refractivity contribution in [2.75, 3.05) is 50.1 Å². The topological polar surface area (TPSA) is 77.1 Å². The van der Waals surface area contributed by atoms with E-state index in [0.29, 0.717) is 24.7 Å². The van der Waals surface area contributed by atoms with Crippen LogP contribution in [0.15, 0.2) is 41.3 Å². The molecule has 2 aromatic rings. The number of nitrogens with zero attached hydrogens (tertiary/aromatic N) is 1. The van der Waals surface area contributed by atoms with E-state index in [4.69, 9.17) is 14.2 Å². The lowest BCUT2D eigenvalue weighted by Gasteiger charge is -2.29. The molecule has 3 rings (SSSR count). The van der Waals surface area contributed by atoms with Crippen LogP contribution < -0.4 is 19.1 Å². The highest BCUT2D eigenvalue weighted by atomic mass is 32.2. The van der Waals surface area contributed by atoms with E-state index in [1.165, 1.54) is 20.3 Å². The third kappa shape index (κ3) is 4.28. The molecule has 0 aliphatic carbocycles. The number of aryl methyl sites for hydroxylation is 1. The van der Waals surface area contributed by atoms with E-state index in [9.17, 15) is 8.42 Å². The molecule has 146 valence electrons. The van der Waals surface area contributed by atoms with E-state index in [1.807, 2.05) is 25.1 Å². The lowest BCUT2D eigenvalue weighted by atomic mass is 10.1. The molecule has 0 amide bonds. The number of rotatable bonds is 6. The highest BCUT2D eigenvalue weighted by molar-refractivity contribution is 7.92. The van der Waals surface area contributed by atoms with E-state index in [-0.39, 0.29) is 10.6 Å². The van der Waals surface area contributed by atoms with Crippen molar-refractivity contribution in [3.05, 3.63) is 42.0 Å². The molecule has 0 saturated carbocycles. The summed E-state index contributed by atoms with van der Waals surface area (Å²) in [5, 5.41) is 0. The van der Waals surface area contributed by atoms with Crippen molar-refractivity contribution in [3.8, 4) is 11.5 Å². The molecule has 0 radical (unpaired) electrons.